The number of nitrogens with zero attached hydrogens (tertiary/aromatic N) is 2. The highest BCUT2D eigenvalue weighted by Gasteiger charge is 2.30. The summed E-state index contributed by atoms with van der Waals surface area (Å²) in [5.74, 6) is 0. The Morgan fingerprint density at radius 1 is 1.05 bits per heavy atom. The van der Waals surface area contributed by atoms with E-state index in [2.05, 4.69) is 4.98 Å². The fourth-order valence-electron chi connectivity index (χ4n) is 2.14. The zero-order valence-corrected chi connectivity index (χ0v) is 11.5. The van der Waals surface area contributed by atoms with Gasteiger partial charge in [0.1, 0.15) is 10.0 Å². The number of pyridine rings is 1. The van der Waals surface area contributed by atoms with Crippen LogP contribution in [0.3, 0.4) is 0 Å². The van der Waals surface area contributed by atoms with Crippen LogP contribution in [0.2, 0.25) is 5.15 Å². The molecule has 4 nitrogen and oxygen atoms in total. The van der Waals surface area contributed by atoms with Gasteiger partial charge in [-0.1, -0.05) is 35.9 Å². The molecule has 0 amide bonds. The molecule has 1 aromatic carbocycles. The molecule has 0 bridgehead atoms. The summed E-state index contributed by atoms with van der Waals surface area (Å²) >= 11 is 5.67. The maximum Gasteiger partial charge on any atom is 0.245 e. The van der Waals surface area contributed by atoms with E-state index in [0.29, 0.717) is 13.1 Å². The molecular formula is C13H11ClN2O2S. The number of halogens is 1. The summed E-state index contributed by atoms with van der Waals surface area (Å²) in [5.41, 5.74) is 2.10. The van der Waals surface area contributed by atoms with Gasteiger partial charge in [-0.3, -0.25) is 0 Å². The molecule has 0 atom stereocenters. The van der Waals surface area contributed by atoms with Crippen LogP contribution in [0.25, 0.3) is 0 Å². The Morgan fingerprint density at radius 3 is 2.21 bits per heavy atom. The summed E-state index contributed by atoms with van der Waals surface area (Å²) in [5, 5.41) is 0.281. The highest BCUT2D eigenvalue weighted by atomic mass is 35.5. The molecule has 1 aliphatic rings. The Kier molecular flexibility index (Phi) is 3.05. The van der Waals surface area contributed by atoms with E-state index in [4.69, 9.17) is 11.6 Å². The SMILES string of the molecule is O=S(=O)(c1ccc(Cl)nc1)N1Cc2ccccc2C1. The second-order valence-corrected chi connectivity index (χ2v) is 6.68. The maximum atomic E-state index is 12.5. The van der Waals surface area contributed by atoms with E-state index < -0.39 is 10.0 Å². The van der Waals surface area contributed by atoms with Gasteiger partial charge >= 0.3 is 0 Å². The fourth-order valence-corrected chi connectivity index (χ4v) is 3.59. The lowest BCUT2D eigenvalue weighted by atomic mass is 10.1. The zero-order chi connectivity index (χ0) is 13.5. The third kappa shape index (κ3) is 2.25. The third-order valence-corrected chi connectivity index (χ3v) is 5.15. The van der Waals surface area contributed by atoms with Crippen molar-refractivity contribution in [3.05, 3.63) is 58.9 Å². The monoisotopic (exact) mass is 294 g/mol. The summed E-state index contributed by atoms with van der Waals surface area (Å²) in [6.45, 7) is 0.808. The van der Waals surface area contributed by atoms with Gasteiger partial charge in [-0.05, 0) is 23.3 Å². The normalized spacial score (nSPS) is 15.4. The summed E-state index contributed by atoms with van der Waals surface area (Å²) < 4.78 is 26.4. The van der Waals surface area contributed by atoms with Crippen molar-refractivity contribution < 1.29 is 8.42 Å². The molecule has 0 fully saturated rings. The molecule has 2 heterocycles. The lowest BCUT2D eigenvalue weighted by molar-refractivity contribution is 0.431. The van der Waals surface area contributed by atoms with E-state index in [0.717, 1.165) is 11.1 Å². The molecule has 98 valence electrons. The average Bonchev–Trinajstić information content (AvgIpc) is 2.83. The molecule has 0 N–H and O–H groups in total. The van der Waals surface area contributed by atoms with Crippen molar-refractivity contribution in [2.24, 2.45) is 0 Å². The topological polar surface area (TPSA) is 50.3 Å². The van der Waals surface area contributed by atoms with E-state index in [-0.39, 0.29) is 10.0 Å². The summed E-state index contributed by atoms with van der Waals surface area (Å²) in [6, 6.07) is 10.7. The van der Waals surface area contributed by atoms with Crippen LogP contribution in [0.1, 0.15) is 11.1 Å². The summed E-state index contributed by atoms with van der Waals surface area (Å²) in [7, 11) is -3.51. The van der Waals surface area contributed by atoms with Crippen molar-refractivity contribution in [2.45, 2.75) is 18.0 Å². The minimum absolute atomic E-state index is 0.171. The molecule has 6 heteroatoms. The lowest BCUT2D eigenvalue weighted by Gasteiger charge is -2.15. The highest BCUT2D eigenvalue weighted by molar-refractivity contribution is 7.89. The Labute approximate surface area is 116 Å². The van der Waals surface area contributed by atoms with E-state index in [1.807, 2.05) is 24.3 Å². The van der Waals surface area contributed by atoms with Crippen LogP contribution in [-0.4, -0.2) is 17.7 Å². The summed E-state index contributed by atoms with van der Waals surface area (Å²) in [4.78, 5) is 4.00. The van der Waals surface area contributed by atoms with Gasteiger partial charge in [0.2, 0.25) is 10.0 Å². The molecule has 0 spiro atoms. The predicted octanol–water partition coefficient (Wildman–Crippen LogP) is 2.44. The molecule has 0 radical (unpaired) electrons. The average molecular weight is 295 g/mol. The standard InChI is InChI=1S/C13H11ClN2O2S/c14-13-6-5-12(7-15-13)19(17,18)16-8-10-3-1-2-4-11(10)9-16/h1-7H,8-9H2. The molecule has 2 aromatic rings. The van der Waals surface area contributed by atoms with Gasteiger partial charge in [-0.15, -0.1) is 0 Å². The van der Waals surface area contributed by atoms with Crippen LogP contribution in [0, 0.1) is 0 Å². The van der Waals surface area contributed by atoms with Crippen molar-refractivity contribution in [1.82, 2.24) is 9.29 Å². The van der Waals surface area contributed by atoms with Gasteiger partial charge in [0.15, 0.2) is 0 Å². The predicted molar refractivity (Wildman–Crippen MR) is 72.1 cm³/mol. The van der Waals surface area contributed by atoms with E-state index in [1.54, 1.807) is 0 Å². The van der Waals surface area contributed by atoms with Crippen LogP contribution in [0.5, 0.6) is 0 Å². The number of benzene rings is 1. The van der Waals surface area contributed by atoms with Crippen LogP contribution < -0.4 is 0 Å². The van der Waals surface area contributed by atoms with Gasteiger partial charge in [0.05, 0.1) is 0 Å². The molecule has 0 unspecified atom stereocenters. The smallest absolute Gasteiger partial charge is 0.243 e. The Bertz CT molecular complexity index is 689. The molecule has 0 saturated heterocycles. The highest BCUT2D eigenvalue weighted by Crippen LogP contribution is 2.28. The van der Waals surface area contributed by atoms with Crippen molar-refractivity contribution in [2.75, 3.05) is 0 Å². The first-order chi connectivity index (χ1) is 9.07. The minimum Gasteiger partial charge on any atom is -0.243 e. The number of rotatable bonds is 2. The van der Waals surface area contributed by atoms with Gasteiger partial charge < -0.3 is 0 Å². The molecular weight excluding hydrogens is 284 g/mol. The first-order valence-corrected chi connectivity index (χ1v) is 7.58. The number of fused-ring (bicyclic) bond motifs is 1. The quantitative estimate of drug-likeness (QED) is 0.799. The van der Waals surface area contributed by atoms with Crippen LogP contribution >= 0.6 is 11.6 Å². The van der Waals surface area contributed by atoms with Gasteiger partial charge in [-0.25, -0.2) is 13.4 Å². The second kappa shape index (κ2) is 4.59. The molecule has 0 saturated carbocycles. The minimum atomic E-state index is -3.51. The van der Waals surface area contributed by atoms with Crippen molar-refractivity contribution in [3.63, 3.8) is 0 Å². The second-order valence-electron chi connectivity index (χ2n) is 4.36. The third-order valence-electron chi connectivity index (χ3n) is 3.15. The first-order valence-electron chi connectivity index (χ1n) is 5.76. The number of hydrogen-bond acceptors (Lipinski definition) is 3. The number of hydrogen-bond donors (Lipinski definition) is 0. The number of aromatic nitrogens is 1. The lowest BCUT2D eigenvalue weighted by Crippen LogP contribution is -2.25. The Hall–Kier alpha value is -1.43. The van der Waals surface area contributed by atoms with E-state index in [1.165, 1.54) is 22.6 Å². The van der Waals surface area contributed by atoms with Crippen molar-refractivity contribution in [1.29, 1.82) is 0 Å². The largest absolute Gasteiger partial charge is 0.245 e. The molecule has 0 aliphatic carbocycles. The maximum absolute atomic E-state index is 12.5. The molecule has 1 aliphatic heterocycles. The summed E-state index contributed by atoms with van der Waals surface area (Å²) in [6.07, 6.45) is 1.29. The van der Waals surface area contributed by atoms with Crippen LogP contribution in [-0.2, 0) is 23.1 Å². The van der Waals surface area contributed by atoms with Crippen molar-refractivity contribution >= 4 is 21.6 Å². The Morgan fingerprint density at radius 2 is 1.68 bits per heavy atom. The van der Waals surface area contributed by atoms with Crippen LogP contribution in [0.4, 0.5) is 0 Å². The zero-order valence-electron chi connectivity index (χ0n) is 9.95. The molecule has 3 rings (SSSR count). The van der Waals surface area contributed by atoms with Gasteiger partial charge in [0, 0.05) is 19.3 Å². The van der Waals surface area contributed by atoms with Gasteiger partial charge in [-0.2, -0.15) is 4.31 Å². The molecule has 19 heavy (non-hydrogen) atoms. The van der Waals surface area contributed by atoms with E-state index in [9.17, 15) is 8.42 Å². The molecule has 1 aromatic heterocycles. The van der Waals surface area contributed by atoms with Crippen LogP contribution in [0.15, 0.2) is 47.5 Å². The Balaban J connectivity index is 1.94. The fraction of sp³-hybridized carbons (Fsp3) is 0.154. The first kappa shape index (κ1) is 12.6. The number of sulfonamides is 1. The van der Waals surface area contributed by atoms with E-state index >= 15 is 0 Å². The van der Waals surface area contributed by atoms with Crippen molar-refractivity contribution in [3.8, 4) is 0 Å². The van der Waals surface area contributed by atoms with Gasteiger partial charge in [0.25, 0.3) is 0 Å².